The fourth-order valence-electron chi connectivity index (χ4n) is 2.95. The summed E-state index contributed by atoms with van der Waals surface area (Å²) < 4.78 is 0. The molecule has 0 radical (unpaired) electrons. The van der Waals surface area contributed by atoms with Crippen LogP contribution in [0.25, 0.3) is 0 Å². The fourth-order valence-corrected chi connectivity index (χ4v) is 3.88. The monoisotopic (exact) mass is 346 g/mol. The van der Waals surface area contributed by atoms with Gasteiger partial charge in [-0.3, -0.25) is 4.79 Å². The van der Waals surface area contributed by atoms with E-state index in [9.17, 15) is 9.90 Å². The van der Waals surface area contributed by atoms with E-state index in [2.05, 4.69) is 15.3 Å². The second kappa shape index (κ2) is 6.86. The van der Waals surface area contributed by atoms with Gasteiger partial charge >= 0.3 is 0 Å². The Hall–Kier alpha value is -1.99. The third kappa shape index (κ3) is 3.91. The van der Waals surface area contributed by atoms with Crippen LogP contribution in [-0.2, 0) is 11.2 Å². The molecule has 0 aliphatic carbocycles. The van der Waals surface area contributed by atoms with Crippen molar-refractivity contribution < 1.29 is 9.90 Å². The zero-order valence-corrected chi connectivity index (χ0v) is 14.8. The summed E-state index contributed by atoms with van der Waals surface area (Å²) in [6.07, 6.45) is 2.67. The molecule has 6 nitrogen and oxygen atoms in total. The SMILES string of the molecule is Cc1nc(C)c(CC(=O)NCC2(O)CCN(c3ccccn3)C2)s1. The number of carbonyl (C=O) groups is 1. The number of nitrogens with zero attached hydrogens (tertiary/aromatic N) is 3. The number of amides is 1. The lowest BCUT2D eigenvalue weighted by molar-refractivity contribution is -0.121. The molecule has 24 heavy (non-hydrogen) atoms. The molecule has 128 valence electrons. The molecule has 3 heterocycles. The van der Waals surface area contributed by atoms with Crippen molar-refractivity contribution in [3.8, 4) is 0 Å². The predicted octanol–water partition coefficient (Wildman–Crippen LogP) is 1.46. The average Bonchev–Trinajstić information content (AvgIpc) is 3.10. The Kier molecular flexibility index (Phi) is 4.82. The van der Waals surface area contributed by atoms with Crippen LogP contribution in [0, 0.1) is 13.8 Å². The third-order valence-corrected chi connectivity index (χ3v) is 5.31. The van der Waals surface area contributed by atoms with Crippen LogP contribution < -0.4 is 10.2 Å². The highest BCUT2D eigenvalue weighted by Gasteiger charge is 2.36. The number of pyridine rings is 1. The minimum absolute atomic E-state index is 0.0774. The van der Waals surface area contributed by atoms with Crippen LogP contribution in [-0.4, -0.2) is 46.2 Å². The van der Waals surface area contributed by atoms with E-state index >= 15 is 0 Å². The molecule has 2 N–H and O–H groups in total. The van der Waals surface area contributed by atoms with Gasteiger partial charge in [0.1, 0.15) is 11.4 Å². The second-order valence-electron chi connectivity index (χ2n) is 6.28. The summed E-state index contributed by atoms with van der Waals surface area (Å²) in [5.74, 6) is 0.780. The molecule has 1 unspecified atom stereocenters. The first-order valence-electron chi connectivity index (χ1n) is 8.03. The number of aliphatic hydroxyl groups is 1. The molecule has 7 heteroatoms. The molecule has 1 atom stereocenters. The van der Waals surface area contributed by atoms with E-state index in [-0.39, 0.29) is 12.5 Å². The molecule has 0 bridgehead atoms. The van der Waals surface area contributed by atoms with Crippen LogP contribution in [0.1, 0.15) is 22.0 Å². The minimum Gasteiger partial charge on any atom is -0.386 e. The minimum atomic E-state index is -0.911. The topological polar surface area (TPSA) is 78.3 Å². The highest BCUT2D eigenvalue weighted by molar-refractivity contribution is 7.11. The second-order valence-corrected chi connectivity index (χ2v) is 7.57. The standard InChI is InChI=1S/C17H22N4O2S/c1-12-14(24-13(2)20-12)9-16(22)19-10-17(23)6-8-21(11-17)15-5-3-4-7-18-15/h3-5,7,23H,6,8-11H2,1-2H3,(H,19,22). The molecule has 1 saturated heterocycles. The summed E-state index contributed by atoms with van der Waals surface area (Å²) >= 11 is 1.55. The van der Waals surface area contributed by atoms with Crippen molar-refractivity contribution in [2.45, 2.75) is 32.3 Å². The van der Waals surface area contributed by atoms with Crippen molar-refractivity contribution in [2.75, 3.05) is 24.5 Å². The number of aromatic nitrogens is 2. The Balaban J connectivity index is 1.53. The number of anilines is 1. The van der Waals surface area contributed by atoms with E-state index in [1.165, 1.54) is 0 Å². The molecule has 3 rings (SSSR count). The van der Waals surface area contributed by atoms with Crippen LogP contribution in [0.2, 0.25) is 0 Å². The lowest BCUT2D eigenvalue weighted by Gasteiger charge is -2.24. The molecule has 0 spiro atoms. The molecule has 2 aromatic rings. The smallest absolute Gasteiger partial charge is 0.225 e. The van der Waals surface area contributed by atoms with Gasteiger partial charge < -0.3 is 15.3 Å². The van der Waals surface area contributed by atoms with Crippen molar-refractivity contribution in [3.05, 3.63) is 40.0 Å². The Morgan fingerprint density at radius 1 is 1.46 bits per heavy atom. The first-order chi connectivity index (χ1) is 11.5. The van der Waals surface area contributed by atoms with Crippen molar-refractivity contribution in [1.82, 2.24) is 15.3 Å². The Morgan fingerprint density at radius 2 is 2.29 bits per heavy atom. The van der Waals surface area contributed by atoms with E-state index in [1.54, 1.807) is 17.5 Å². The molecule has 2 aromatic heterocycles. The molecule has 1 amide bonds. The Labute approximate surface area is 145 Å². The highest BCUT2D eigenvalue weighted by Crippen LogP contribution is 2.25. The first kappa shape index (κ1) is 16.9. The number of thiazole rings is 1. The van der Waals surface area contributed by atoms with Gasteiger partial charge in [-0.15, -0.1) is 11.3 Å². The van der Waals surface area contributed by atoms with Gasteiger partial charge in [0.2, 0.25) is 5.91 Å². The zero-order chi connectivity index (χ0) is 17.2. The van der Waals surface area contributed by atoms with Gasteiger partial charge in [-0.2, -0.15) is 0 Å². The summed E-state index contributed by atoms with van der Waals surface area (Å²) in [6, 6.07) is 5.73. The maximum Gasteiger partial charge on any atom is 0.225 e. The molecule has 1 aliphatic heterocycles. The zero-order valence-electron chi connectivity index (χ0n) is 14.0. The van der Waals surface area contributed by atoms with Gasteiger partial charge in [0, 0.05) is 30.7 Å². The van der Waals surface area contributed by atoms with Gasteiger partial charge in [0.25, 0.3) is 0 Å². The average molecular weight is 346 g/mol. The molecule has 0 aromatic carbocycles. The molecular formula is C17H22N4O2S. The van der Waals surface area contributed by atoms with E-state index < -0.39 is 5.60 Å². The van der Waals surface area contributed by atoms with Crippen LogP contribution >= 0.6 is 11.3 Å². The van der Waals surface area contributed by atoms with E-state index in [1.807, 2.05) is 36.9 Å². The van der Waals surface area contributed by atoms with Gasteiger partial charge in [-0.25, -0.2) is 9.97 Å². The van der Waals surface area contributed by atoms with E-state index in [0.717, 1.165) is 27.9 Å². The van der Waals surface area contributed by atoms with Gasteiger partial charge in [0.15, 0.2) is 0 Å². The largest absolute Gasteiger partial charge is 0.386 e. The number of hydrogen-bond donors (Lipinski definition) is 2. The maximum atomic E-state index is 12.2. The van der Waals surface area contributed by atoms with Crippen molar-refractivity contribution in [1.29, 1.82) is 0 Å². The van der Waals surface area contributed by atoms with Crippen molar-refractivity contribution in [3.63, 3.8) is 0 Å². The number of aryl methyl sites for hydroxylation is 2. The third-order valence-electron chi connectivity index (χ3n) is 4.24. The van der Waals surface area contributed by atoms with E-state index in [4.69, 9.17) is 0 Å². The van der Waals surface area contributed by atoms with Crippen LogP contribution in [0.3, 0.4) is 0 Å². The number of β-amino-alcohol motifs (C(OH)–C–C–N with tert-alkyl or cyclic N) is 1. The van der Waals surface area contributed by atoms with Crippen molar-refractivity contribution in [2.24, 2.45) is 0 Å². The highest BCUT2D eigenvalue weighted by atomic mass is 32.1. The predicted molar refractivity (Wildman–Crippen MR) is 94.3 cm³/mol. The van der Waals surface area contributed by atoms with Crippen LogP contribution in [0.5, 0.6) is 0 Å². The lowest BCUT2D eigenvalue weighted by Crippen LogP contribution is -2.45. The molecular weight excluding hydrogens is 324 g/mol. The first-order valence-corrected chi connectivity index (χ1v) is 8.85. The maximum absolute atomic E-state index is 12.2. The summed E-state index contributed by atoms with van der Waals surface area (Å²) in [5, 5.41) is 14.5. The summed E-state index contributed by atoms with van der Waals surface area (Å²) in [7, 11) is 0. The van der Waals surface area contributed by atoms with E-state index in [0.29, 0.717) is 19.4 Å². The van der Waals surface area contributed by atoms with Crippen LogP contribution in [0.15, 0.2) is 24.4 Å². The van der Waals surface area contributed by atoms with Gasteiger partial charge in [-0.1, -0.05) is 6.07 Å². The van der Waals surface area contributed by atoms with Crippen molar-refractivity contribution >= 4 is 23.1 Å². The summed E-state index contributed by atoms with van der Waals surface area (Å²) in [5.41, 5.74) is -0.000171. The normalized spacial score (nSPS) is 20.4. The lowest BCUT2D eigenvalue weighted by atomic mass is 10.0. The number of hydrogen-bond acceptors (Lipinski definition) is 6. The van der Waals surface area contributed by atoms with Crippen LogP contribution in [0.4, 0.5) is 5.82 Å². The summed E-state index contributed by atoms with van der Waals surface area (Å²) in [4.78, 5) is 23.8. The fraction of sp³-hybridized carbons (Fsp3) is 0.471. The molecule has 1 aliphatic rings. The Morgan fingerprint density at radius 3 is 2.96 bits per heavy atom. The Bertz CT molecular complexity index is 719. The summed E-state index contributed by atoms with van der Waals surface area (Å²) in [6.45, 7) is 5.32. The van der Waals surface area contributed by atoms with Gasteiger partial charge in [0.05, 0.1) is 17.1 Å². The number of carbonyl (C=O) groups excluding carboxylic acids is 1. The number of nitrogens with one attached hydrogen (secondary N) is 1. The van der Waals surface area contributed by atoms with Gasteiger partial charge in [-0.05, 0) is 32.4 Å². The molecule has 0 saturated carbocycles. The quantitative estimate of drug-likeness (QED) is 0.857. The molecule has 1 fully saturated rings. The number of rotatable bonds is 5.